The zero-order valence-corrected chi connectivity index (χ0v) is 29.2. The largest absolute Gasteiger partial charge is 0.488 e. The fraction of sp³-hybridized carbons (Fsp3) is 0.229. The van der Waals surface area contributed by atoms with Crippen molar-refractivity contribution in [2.24, 2.45) is 0 Å². The second-order valence-electron chi connectivity index (χ2n) is 11.1. The fourth-order valence-corrected chi connectivity index (χ4v) is 4.75. The molecule has 0 saturated heterocycles. The van der Waals surface area contributed by atoms with E-state index in [0.29, 0.717) is 78.4 Å². The van der Waals surface area contributed by atoms with Crippen LogP contribution in [0.5, 0.6) is 11.5 Å². The van der Waals surface area contributed by atoms with Crippen molar-refractivity contribution < 1.29 is 28.6 Å². The zero-order chi connectivity index (χ0) is 35.3. The standard InChI is InChI=1S/C21H21ClN2O4.C14H8BrClN2O2/c1-21(2,3)28-20(26)5-4-16-8-19(17(12-25)7-18(16)22)27-13-15-6-14(9-23)10-24-11-15;15-12-3-14(11(7-19)2-13(12)16)20-8-10-1-9(4-17)5-18-6-10/h6-8,10-12H,4-5,13H2,1-3H3;1-3,5-7H,8H2. The summed E-state index contributed by atoms with van der Waals surface area (Å²) in [6.45, 7) is 5.75. The maximum Gasteiger partial charge on any atom is 0.306 e. The number of aldehydes is 2. The van der Waals surface area contributed by atoms with Crippen LogP contribution in [0.2, 0.25) is 10.0 Å². The quantitative estimate of drug-likeness (QED) is 0.109. The predicted octanol–water partition coefficient (Wildman–Crippen LogP) is 8.03. The normalized spacial score (nSPS) is 10.4. The number of nitriles is 2. The lowest BCUT2D eigenvalue weighted by atomic mass is 10.1. The monoisotopic (exact) mass is 750 g/mol. The number of ether oxygens (including phenoxy) is 3. The summed E-state index contributed by atoms with van der Waals surface area (Å²) in [5.74, 6) is 0.435. The number of rotatable bonds is 11. The molecule has 0 unspecified atom stereocenters. The number of aromatic nitrogens is 2. The van der Waals surface area contributed by atoms with Crippen LogP contribution < -0.4 is 9.47 Å². The number of benzene rings is 2. The topological polar surface area (TPSA) is 152 Å². The van der Waals surface area contributed by atoms with Gasteiger partial charge in [-0.05, 0) is 85.1 Å². The van der Waals surface area contributed by atoms with Crippen molar-refractivity contribution in [1.82, 2.24) is 9.97 Å². The molecule has 0 N–H and O–H groups in total. The summed E-state index contributed by atoms with van der Waals surface area (Å²) in [5.41, 5.74) is 3.11. The van der Waals surface area contributed by atoms with Gasteiger partial charge in [-0.2, -0.15) is 10.5 Å². The molecular formula is C35H29BrCl2N4O6. The van der Waals surface area contributed by atoms with Crippen LogP contribution in [0, 0.1) is 22.7 Å². The van der Waals surface area contributed by atoms with Crippen LogP contribution in [0.25, 0.3) is 0 Å². The van der Waals surface area contributed by atoms with Gasteiger partial charge >= 0.3 is 5.97 Å². The molecule has 13 heteroatoms. The van der Waals surface area contributed by atoms with Crippen LogP contribution in [0.15, 0.2) is 65.7 Å². The third-order valence-corrected chi connectivity index (χ3v) is 7.69. The first-order valence-electron chi connectivity index (χ1n) is 14.2. The smallest absolute Gasteiger partial charge is 0.306 e. The molecule has 0 fully saturated rings. The molecular weight excluding hydrogens is 723 g/mol. The van der Waals surface area contributed by atoms with Gasteiger partial charge in [0.15, 0.2) is 12.6 Å². The highest BCUT2D eigenvalue weighted by molar-refractivity contribution is 9.10. The molecule has 4 aromatic rings. The maximum absolute atomic E-state index is 11.9. The molecule has 0 aliphatic carbocycles. The van der Waals surface area contributed by atoms with Crippen LogP contribution in [0.1, 0.15) is 75.7 Å². The van der Waals surface area contributed by atoms with E-state index >= 15 is 0 Å². The number of esters is 1. The van der Waals surface area contributed by atoms with Gasteiger partial charge in [-0.1, -0.05) is 23.2 Å². The van der Waals surface area contributed by atoms with Gasteiger partial charge in [0.2, 0.25) is 0 Å². The van der Waals surface area contributed by atoms with E-state index in [1.807, 2.05) is 12.1 Å². The molecule has 0 aliphatic rings. The number of pyridine rings is 2. The minimum atomic E-state index is -0.553. The summed E-state index contributed by atoms with van der Waals surface area (Å²) in [6.07, 6.45) is 7.96. The molecule has 0 aliphatic heterocycles. The first-order valence-corrected chi connectivity index (χ1v) is 15.8. The maximum atomic E-state index is 11.9. The van der Waals surface area contributed by atoms with E-state index in [1.54, 1.807) is 57.4 Å². The lowest BCUT2D eigenvalue weighted by molar-refractivity contribution is -0.154. The number of halogens is 3. The van der Waals surface area contributed by atoms with Gasteiger partial charge in [0.05, 0.1) is 27.3 Å². The van der Waals surface area contributed by atoms with E-state index in [-0.39, 0.29) is 25.6 Å². The summed E-state index contributed by atoms with van der Waals surface area (Å²) >= 11 is 15.4. The summed E-state index contributed by atoms with van der Waals surface area (Å²) in [6, 6.07) is 13.7. The summed E-state index contributed by atoms with van der Waals surface area (Å²) in [4.78, 5) is 42.2. The van der Waals surface area contributed by atoms with E-state index in [0.717, 1.165) is 5.56 Å². The lowest BCUT2D eigenvalue weighted by Gasteiger charge is -2.19. The second kappa shape index (κ2) is 17.9. The molecule has 0 radical (unpaired) electrons. The Hall–Kier alpha value is -4.81. The van der Waals surface area contributed by atoms with Crippen LogP contribution in [-0.2, 0) is 29.2 Å². The number of carbonyl (C=O) groups is 3. The van der Waals surface area contributed by atoms with Gasteiger partial charge in [-0.3, -0.25) is 24.4 Å². The third-order valence-electron chi connectivity index (χ3n) is 6.14. The Morgan fingerprint density at radius 2 is 1.31 bits per heavy atom. The summed E-state index contributed by atoms with van der Waals surface area (Å²) < 4.78 is 17.3. The highest BCUT2D eigenvalue weighted by atomic mass is 79.9. The minimum Gasteiger partial charge on any atom is -0.488 e. The zero-order valence-electron chi connectivity index (χ0n) is 26.1. The molecule has 2 heterocycles. The molecule has 2 aromatic carbocycles. The fourth-order valence-electron chi connectivity index (χ4n) is 3.99. The van der Waals surface area contributed by atoms with Crippen LogP contribution in [0.4, 0.5) is 0 Å². The van der Waals surface area contributed by atoms with E-state index in [1.165, 1.54) is 24.5 Å². The van der Waals surface area contributed by atoms with Crippen molar-refractivity contribution in [3.63, 3.8) is 0 Å². The number of carbonyl (C=O) groups excluding carboxylic acids is 3. The Morgan fingerprint density at radius 1 is 0.812 bits per heavy atom. The van der Waals surface area contributed by atoms with Crippen LogP contribution >= 0.6 is 39.1 Å². The van der Waals surface area contributed by atoms with Gasteiger partial charge in [-0.15, -0.1) is 0 Å². The minimum absolute atomic E-state index is 0.135. The Morgan fingerprint density at radius 3 is 1.79 bits per heavy atom. The number of nitrogens with zero attached hydrogens (tertiary/aromatic N) is 4. The third kappa shape index (κ3) is 11.8. The van der Waals surface area contributed by atoms with Crippen molar-refractivity contribution in [2.75, 3.05) is 0 Å². The molecule has 0 amide bonds. The van der Waals surface area contributed by atoms with Crippen LogP contribution in [0.3, 0.4) is 0 Å². The van der Waals surface area contributed by atoms with Crippen molar-refractivity contribution in [2.45, 2.75) is 52.4 Å². The molecule has 0 bridgehead atoms. The summed E-state index contributed by atoms with van der Waals surface area (Å²) in [7, 11) is 0. The molecule has 0 saturated carbocycles. The van der Waals surface area contributed by atoms with Gasteiger partial charge in [0, 0.05) is 51.8 Å². The molecule has 4 rings (SSSR count). The van der Waals surface area contributed by atoms with E-state index in [4.69, 9.17) is 47.9 Å². The number of hydrogen-bond donors (Lipinski definition) is 0. The molecule has 10 nitrogen and oxygen atoms in total. The van der Waals surface area contributed by atoms with Crippen molar-refractivity contribution in [3.8, 4) is 23.6 Å². The van der Waals surface area contributed by atoms with E-state index in [9.17, 15) is 14.4 Å². The van der Waals surface area contributed by atoms with Crippen molar-refractivity contribution in [1.29, 1.82) is 10.5 Å². The Kier molecular flexibility index (Phi) is 14.1. The Labute approximate surface area is 296 Å². The first-order chi connectivity index (χ1) is 22.8. The Bertz CT molecular complexity index is 1880. The summed E-state index contributed by atoms with van der Waals surface area (Å²) in [5, 5.41) is 18.6. The average Bonchev–Trinajstić information content (AvgIpc) is 3.06. The highest BCUT2D eigenvalue weighted by Crippen LogP contribution is 2.31. The molecule has 0 spiro atoms. The lowest BCUT2D eigenvalue weighted by Crippen LogP contribution is -2.24. The number of hydrogen-bond acceptors (Lipinski definition) is 10. The van der Waals surface area contributed by atoms with Crippen molar-refractivity contribution >= 4 is 57.7 Å². The number of aryl methyl sites for hydroxylation is 1. The molecule has 0 atom stereocenters. The van der Waals surface area contributed by atoms with Gasteiger partial charge in [0.1, 0.15) is 42.5 Å². The van der Waals surface area contributed by atoms with Gasteiger partial charge < -0.3 is 14.2 Å². The highest BCUT2D eigenvalue weighted by Gasteiger charge is 2.17. The predicted molar refractivity (Wildman–Crippen MR) is 182 cm³/mol. The van der Waals surface area contributed by atoms with Crippen molar-refractivity contribution in [3.05, 3.63) is 115 Å². The second-order valence-corrected chi connectivity index (χ2v) is 12.7. The average molecular weight is 752 g/mol. The van der Waals surface area contributed by atoms with Gasteiger partial charge in [0.25, 0.3) is 0 Å². The SMILES string of the molecule is CC(C)(C)OC(=O)CCc1cc(OCc2cncc(C#N)c2)c(C=O)cc1Cl.N#Cc1cncc(COc2cc(Br)c(Cl)cc2C=O)c1. The van der Waals surface area contributed by atoms with E-state index in [2.05, 4.69) is 25.9 Å². The van der Waals surface area contributed by atoms with E-state index < -0.39 is 5.60 Å². The molecule has 246 valence electrons. The Balaban J connectivity index is 0.000000275. The van der Waals surface area contributed by atoms with Gasteiger partial charge in [-0.25, -0.2) is 0 Å². The molecule has 48 heavy (non-hydrogen) atoms. The van der Waals surface area contributed by atoms with Crippen LogP contribution in [-0.4, -0.2) is 34.1 Å². The molecule has 2 aromatic heterocycles. The first kappa shape index (κ1) is 37.6.